The van der Waals surface area contributed by atoms with Crippen LogP contribution in [-0.2, 0) is 16.2 Å². The predicted octanol–water partition coefficient (Wildman–Crippen LogP) is 10.4. The summed E-state index contributed by atoms with van der Waals surface area (Å²) in [6.07, 6.45) is 15.2. The summed E-state index contributed by atoms with van der Waals surface area (Å²) in [5, 5.41) is 25.3. The fourth-order valence-electron chi connectivity index (χ4n) is 9.39. The van der Waals surface area contributed by atoms with Crippen LogP contribution in [0.3, 0.4) is 0 Å². The van der Waals surface area contributed by atoms with Gasteiger partial charge in [-0.05, 0) is 91.8 Å². The maximum absolute atomic E-state index is 9.94. The number of hydrogen-bond donors (Lipinski definition) is 2. The van der Waals surface area contributed by atoms with Gasteiger partial charge in [0, 0.05) is 47.0 Å². The van der Waals surface area contributed by atoms with Crippen molar-refractivity contribution < 1.29 is 29.3 Å². The Kier molecular flexibility index (Phi) is 15.0. The summed E-state index contributed by atoms with van der Waals surface area (Å²) in [6, 6.07) is 27.1. The summed E-state index contributed by atoms with van der Waals surface area (Å²) in [7, 11) is 0. The second-order valence-electron chi connectivity index (χ2n) is 15.6. The van der Waals surface area contributed by atoms with Crippen LogP contribution in [-0.4, -0.2) is 64.4 Å². The number of thioether (sulfide) groups is 2. The second-order valence-corrected chi connectivity index (χ2v) is 18.2. The first-order chi connectivity index (χ1) is 27.6. The van der Waals surface area contributed by atoms with Gasteiger partial charge in [0.25, 0.3) is 0 Å². The highest BCUT2D eigenvalue weighted by Gasteiger charge is 2.64. The first-order valence-corrected chi connectivity index (χ1v) is 22.8. The standard InChI is InChI=1S/C47H59NO6S2/c1-2-27-52-47-44(56-38-20-9-10-21-38)32-42(48-53-33-34-15-5-3-6-16-34)40-30-35(17-11-13-25-49)39(22-12-14-26-50)45(46(40)47)41-31-36(23-24-43(41)54-47)51-28-29-55-37-18-7-4-8-19-37/h2-8,15-16,18-19,23-24,30-31,35,38-39,44-46,49-50H,1,9-14,17,20-22,25-29,32-33H2. The number of fused-ring (bicyclic) bond motifs is 2. The molecular formula is C47H59NO6S2. The molecule has 56 heavy (non-hydrogen) atoms. The van der Waals surface area contributed by atoms with E-state index in [0.717, 1.165) is 72.6 Å². The van der Waals surface area contributed by atoms with Crippen molar-refractivity contribution in [2.24, 2.45) is 22.9 Å². The van der Waals surface area contributed by atoms with E-state index in [1.165, 1.54) is 36.2 Å². The van der Waals surface area contributed by atoms with Crippen LogP contribution in [0, 0.1) is 17.8 Å². The molecule has 0 bridgehead atoms. The summed E-state index contributed by atoms with van der Waals surface area (Å²) in [5.74, 6) is 2.02. The molecule has 3 aromatic rings. The van der Waals surface area contributed by atoms with Gasteiger partial charge in [0.15, 0.2) is 0 Å². The molecule has 0 saturated heterocycles. The van der Waals surface area contributed by atoms with Gasteiger partial charge >= 0.3 is 0 Å². The Balaban J connectivity index is 1.31. The number of oxime groups is 1. The Morgan fingerprint density at radius 2 is 1.66 bits per heavy atom. The van der Waals surface area contributed by atoms with E-state index in [0.29, 0.717) is 31.5 Å². The van der Waals surface area contributed by atoms with Crippen LogP contribution in [0.2, 0.25) is 0 Å². The SMILES string of the molecule is C=CCOC12Oc3ccc(OCCSc4ccccc4)cc3C3C(CCCCO)C(CCCCO)C=C(C(=NOCc4ccccc4)CC1SC1CCCC1)C32. The molecule has 1 aliphatic heterocycles. The zero-order valence-electron chi connectivity index (χ0n) is 32.6. The number of unbranched alkanes of at least 4 members (excludes halogenated alkanes) is 2. The van der Waals surface area contributed by atoms with Gasteiger partial charge in [-0.1, -0.05) is 91.5 Å². The third-order valence-corrected chi connectivity index (χ3v) is 14.5. The normalized spacial score (nSPS) is 26.2. The van der Waals surface area contributed by atoms with Gasteiger partial charge in [0.05, 0.1) is 30.1 Å². The maximum atomic E-state index is 9.94. The van der Waals surface area contributed by atoms with Gasteiger partial charge in [-0.2, -0.15) is 0 Å². The average molecular weight is 798 g/mol. The predicted molar refractivity (Wildman–Crippen MR) is 229 cm³/mol. The van der Waals surface area contributed by atoms with E-state index >= 15 is 0 Å². The molecule has 2 saturated carbocycles. The average Bonchev–Trinajstić information content (AvgIpc) is 3.75. The zero-order valence-corrected chi connectivity index (χ0v) is 34.3. The minimum atomic E-state index is -0.941. The fraction of sp³-hybridized carbons (Fsp3) is 0.511. The van der Waals surface area contributed by atoms with Crippen LogP contribution >= 0.6 is 23.5 Å². The van der Waals surface area contributed by atoms with Crippen LogP contribution in [0.25, 0.3) is 0 Å². The summed E-state index contributed by atoms with van der Waals surface area (Å²) in [4.78, 5) is 7.47. The topological polar surface area (TPSA) is 89.7 Å². The van der Waals surface area contributed by atoms with Gasteiger partial charge in [0.2, 0.25) is 5.79 Å². The number of ether oxygens (including phenoxy) is 3. The molecule has 3 aliphatic carbocycles. The molecule has 1 heterocycles. The molecule has 7 rings (SSSR count). The van der Waals surface area contributed by atoms with Crippen molar-refractivity contribution in [3.8, 4) is 11.5 Å². The Morgan fingerprint density at radius 1 is 0.911 bits per heavy atom. The highest BCUT2D eigenvalue weighted by molar-refractivity contribution is 8.00. The number of aliphatic hydroxyl groups excluding tert-OH is 2. The summed E-state index contributed by atoms with van der Waals surface area (Å²) >= 11 is 3.83. The van der Waals surface area contributed by atoms with Gasteiger partial charge < -0.3 is 29.3 Å². The van der Waals surface area contributed by atoms with E-state index in [1.54, 1.807) is 11.8 Å². The minimum absolute atomic E-state index is 0.0163. The Hall–Kier alpha value is -3.21. The van der Waals surface area contributed by atoms with Gasteiger partial charge in [-0.3, -0.25) is 0 Å². The van der Waals surface area contributed by atoms with Crippen molar-refractivity contribution in [3.63, 3.8) is 0 Å². The molecule has 9 heteroatoms. The van der Waals surface area contributed by atoms with Crippen LogP contribution in [0.4, 0.5) is 0 Å². The number of hydrogen-bond acceptors (Lipinski definition) is 9. The first-order valence-electron chi connectivity index (χ1n) is 20.8. The third-order valence-electron chi connectivity index (χ3n) is 11.9. The molecular weight excluding hydrogens is 739 g/mol. The highest BCUT2D eigenvalue weighted by atomic mass is 32.2. The number of allylic oxidation sites excluding steroid dienone is 1. The van der Waals surface area contributed by atoms with Crippen molar-refractivity contribution in [2.45, 2.75) is 104 Å². The number of rotatable bonds is 21. The second kappa shape index (κ2) is 20.5. The first kappa shape index (κ1) is 41.0. The number of benzene rings is 3. The van der Waals surface area contributed by atoms with Gasteiger partial charge in [-0.15, -0.1) is 30.1 Å². The van der Waals surface area contributed by atoms with Crippen LogP contribution < -0.4 is 9.47 Å². The molecule has 3 aromatic carbocycles. The molecule has 7 nitrogen and oxygen atoms in total. The van der Waals surface area contributed by atoms with E-state index in [2.05, 4.69) is 67.3 Å². The quantitative estimate of drug-likeness (QED) is 0.0477. The van der Waals surface area contributed by atoms with Crippen molar-refractivity contribution >= 4 is 29.2 Å². The van der Waals surface area contributed by atoms with E-state index in [-0.39, 0.29) is 42.1 Å². The van der Waals surface area contributed by atoms with E-state index < -0.39 is 5.79 Å². The Labute approximate surface area is 342 Å². The van der Waals surface area contributed by atoms with Gasteiger partial charge in [0.1, 0.15) is 18.1 Å². The van der Waals surface area contributed by atoms with Crippen LogP contribution in [0.1, 0.15) is 87.7 Å². The lowest BCUT2D eigenvalue weighted by Crippen LogP contribution is -2.64. The zero-order chi connectivity index (χ0) is 38.6. The smallest absolute Gasteiger partial charge is 0.230 e. The van der Waals surface area contributed by atoms with Crippen LogP contribution in [0.5, 0.6) is 11.5 Å². The lowest BCUT2D eigenvalue weighted by atomic mass is 9.56. The summed E-state index contributed by atoms with van der Waals surface area (Å²) in [5.41, 5.74) is 4.39. The van der Waals surface area contributed by atoms with E-state index in [4.69, 9.17) is 24.2 Å². The fourth-order valence-corrected chi connectivity index (χ4v) is 11.9. The van der Waals surface area contributed by atoms with Crippen molar-refractivity contribution in [2.75, 3.05) is 32.2 Å². The van der Waals surface area contributed by atoms with Crippen molar-refractivity contribution in [1.29, 1.82) is 0 Å². The summed E-state index contributed by atoms with van der Waals surface area (Å²) < 4.78 is 21.0. The molecule has 2 N–H and O–H groups in total. The monoisotopic (exact) mass is 797 g/mol. The summed E-state index contributed by atoms with van der Waals surface area (Å²) in [6.45, 7) is 5.81. The molecule has 0 amide bonds. The minimum Gasteiger partial charge on any atom is -0.493 e. The maximum Gasteiger partial charge on any atom is 0.230 e. The van der Waals surface area contributed by atoms with E-state index in [9.17, 15) is 10.2 Å². The third kappa shape index (κ3) is 9.72. The van der Waals surface area contributed by atoms with Crippen molar-refractivity contribution in [1.82, 2.24) is 0 Å². The number of nitrogens with zero attached hydrogens (tertiary/aromatic N) is 1. The lowest BCUT2D eigenvalue weighted by Gasteiger charge is -2.58. The molecule has 0 radical (unpaired) electrons. The molecule has 6 unspecified atom stereocenters. The molecule has 6 atom stereocenters. The van der Waals surface area contributed by atoms with Gasteiger partial charge in [-0.25, -0.2) is 0 Å². The Morgan fingerprint density at radius 3 is 2.41 bits per heavy atom. The van der Waals surface area contributed by atoms with Crippen molar-refractivity contribution in [3.05, 3.63) is 114 Å². The molecule has 0 spiro atoms. The molecule has 4 aliphatic rings. The lowest BCUT2D eigenvalue weighted by molar-refractivity contribution is -0.223. The molecule has 300 valence electrons. The largest absolute Gasteiger partial charge is 0.493 e. The number of aliphatic hydroxyl groups is 2. The van der Waals surface area contributed by atoms with E-state index in [1.807, 2.05) is 42.1 Å². The highest BCUT2D eigenvalue weighted by Crippen LogP contribution is 2.63. The van der Waals surface area contributed by atoms with Crippen LogP contribution in [0.15, 0.2) is 113 Å². The molecule has 2 fully saturated rings. The molecule has 0 aromatic heterocycles. The Bertz CT molecular complexity index is 1750.